The molecule has 0 saturated carbocycles. The third kappa shape index (κ3) is 4.41. The summed E-state index contributed by atoms with van der Waals surface area (Å²) in [6.07, 6.45) is -0.705. The fourth-order valence-corrected chi connectivity index (χ4v) is 4.87. The number of phenolic OH excluding ortho intramolecular Hbond substituents is 2. The second kappa shape index (κ2) is 8.51. The zero-order chi connectivity index (χ0) is 24.1. The minimum absolute atomic E-state index is 0.0123. The molecule has 0 amide bonds. The molecule has 32 heavy (non-hydrogen) atoms. The molecular weight excluding hydrogens is 461 g/mol. The van der Waals surface area contributed by atoms with E-state index >= 15 is 0 Å². The first-order valence-electron chi connectivity index (χ1n) is 10.2. The number of benzene rings is 2. The van der Waals surface area contributed by atoms with E-state index in [1.807, 2.05) is 4.90 Å². The summed E-state index contributed by atoms with van der Waals surface area (Å²) in [5.41, 5.74) is -0.401. The summed E-state index contributed by atoms with van der Waals surface area (Å²) in [4.78, 5) is 33.6. The zero-order valence-electron chi connectivity index (χ0n) is 17.9. The smallest absolute Gasteiger partial charge is 0.469 e. The van der Waals surface area contributed by atoms with E-state index in [0.717, 1.165) is 12.1 Å². The lowest BCUT2D eigenvalue weighted by atomic mass is 9.85. The van der Waals surface area contributed by atoms with Crippen molar-refractivity contribution in [3.05, 3.63) is 57.2 Å². The Morgan fingerprint density at radius 3 is 2.75 bits per heavy atom. The highest BCUT2D eigenvalue weighted by molar-refractivity contribution is 7.46. The van der Waals surface area contributed by atoms with Crippen LogP contribution >= 0.6 is 19.4 Å². The van der Waals surface area contributed by atoms with Gasteiger partial charge in [0.2, 0.25) is 0 Å². The molecule has 0 spiro atoms. The van der Waals surface area contributed by atoms with Crippen LogP contribution in [0.15, 0.2) is 45.6 Å². The van der Waals surface area contributed by atoms with Crippen LogP contribution in [0.2, 0.25) is 5.02 Å². The minimum Gasteiger partial charge on any atom is -0.507 e. The van der Waals surface area contributed by atoms with E-state index in [-0.39, 0.29) is 45.5 Å². The van der Waals surface area contributed by atoms with Crippen molar-refractivity contribution in [2.24, 2.45) is 0 Å². The summed E-state index contributed by atoms with van der Waals surface area (Å²) in [5, 5.41) is 21.1. The average molecular weight is 483 g/mol. The van der Waals surface area contributed by atoms with Gasteiger partial charge in [-0.25, -0.2) is 4.57 Å². The van der Waals surface area contributed by atoms with Gasteiger partial charge in [-0.2, -0.15) is 0 Å². The molecule has 0 radical (unpaired) electrons. The fraction of sp³-hybridized carbons (Fsp3) is 0.286. The van der Waals surface area contributed by atoms with Crippen molar-refractivity contribution in [1.29, 1.82) is 0 Å². The normalized spacial score (nSPS) is 20.4. The first-order valence-corrected chi connectivity index (χ1v) is 11.6. The number of hydrogen-bond acceptors (Lipinski definition) is 7. The number of piperidine rings is 1. The highest BCUT2D eigenvalue weighted by atomic mass is 35.5. The van der Waals surface area contributed by atoms with Crippen LogP contribution in [-0.2, 0) is 9.09 Å². The number of nitrogens with zero attached hydrogens (tertiary/aromatic N) is 1. The average Bonchev–Trinajstić information content (AvgIpc) is 2.69. The van der Waals surface area contributed by atoms with Gasteiger partial charge in [0.05, 0.1) is 12.5 Å². The van der Waals surface area contributed by atoms with Crippen LogP contribution in [0.5, 0.6) is 11.5 Å². The van der Waals surface area contributed by atoms with Gasteiger partial charge in [0.1, 0.15) is 28.2 Å². The second-order valence-electron chi connectivity index (χ2n) is 7.71. The second-order valence-corrected chi connectivity index (χ2v) is 9.30. The molecule has 4 rings (SSSR count). The highest BCUT2D eigenvalue weighted by Gasteiger charge is 2.38. The lowest BCUT2D eigenvalue weighted by Gasteiger charge is -2.36. The topological polar surface area (TPSA) is 141 Å². The Bertz CT molecular complexity index is 1340. The van der Waals surface area contributed by atoms with Gasteiger partial charge in [0, 0.05) is 35.7 Å². The summed E-state index contributed by atoms with van der Waals surface area (Å²) in [5.74, 6) is -1.66. The lowest BCUT2D eigenvalue weighted by Crippen LogP contribution is -2.41. The third-order valence-electron chi connectivity index (χ3n) is 5.48. The molecule has 1 aliphatic heterocycles. The van der Waals surface area contributed by atoms with Crippen molar-refractivity contribution in [2.75, 3.05) is 20.1 Å². The number of phosphoric acid groups is 1. The maximum Gasteiger partial charge on any atom is 0.469 e. The van der Waals surface area contributed by atoms with Crippen LogP contribution in [0.4, 0.5) is 0 Å². The summed E-state index contributed by atoms with van der Waals surface area (Å²) >= 11 is 6.24. The summed E-state index contributed by atoms with van der Waals surface area (Å²) in [7, 11) is -3.11. The van der Waals surface area contributed by atoms with Gasteiger partial charge in [0.15, 0.2) is 5.43 Å². The summed E-state index contributed by atoms with van der Waals surface area (Å²) in [6, 6.07) is 6.60. The van der Waals surface area contributed by atoms with Crippen molar-refractivity contribution < 1.29 is 34.9 Å². The van der Waals surface area contributed by atoms with Gasteiger partial charge in [-0.05, 0) is 32.1 Å². The van der Waals surface area contributed by atoms with Gasteiger partial charge >= 0.3 is 7.82 Å². The van der Waals surface area contributed by atoms with E-state index < -0.39 is 36.8 Å². The van der Waals surface area contributed by atoms with Crippen molar-refractivity contribution in [2.45, 2.75) is 18.4 Å². The molecule has 1 fully saturated rings. The van der Waals surface area contributed by atoms with Crippen LogP contribution in [0.3, 0.4) is 0 Å². The molecule has 9 nitrogen and oxygen atoms in total. The minimum atomic E-state index is -4.87. The van der Waals surface area contributed by atoms with Gasteiger partial charge in [0.25, 0.3) is 0 Å². The van der Waals surface area contributed by atoms with Crippen molar-refractivity contribution in [1.82, 2.24) is 4.90 Å². The van der Waals surface area contributed by atoms with Crippen molar-refractivity contribution in [3.63, 3.8) is 0 Å². The molecular formula is C21H21ClNO8P. The maximum absolute atomic E-state index is 12.9. The van der Waals surface area contributed by atoms with Crippen LogP contribution in [0.25, 0.3) is 22.3 Å². The lowest BCUT2D eigenvalue weighted by molar-refractivity contribution is 0.0544. The Kier molecular flexibility index (Phi) is 5.71. The van der Waals surface area contributed by atoms with E-state index in [1.54, 1.807) is 7.05 Å². The SMILES string of the molecule is [2H]c1ccc(Cl)c(-c2cc(=O)c3c(O)cc(O)c([C@H]4CCN(C)C[C@H]4OP(=O)(O)O)c3o2)c1. The number of phosphoric ester groups is 1. The molecule has 1 aromatic heterocycles. The number of rotatable bonds is 4. The summed E-state index contributed by atoms with van der Waals surface area (Å²) in [6.45, 7) is 0.665. The Labute approximate surface area is 189 Å². The highest BCUT2D eigenvalue weighted by Crippen LogP contribution is 2.47. The zero-order valence-corrected chi connectivity index (χ0v) is 18.5. The predicted octanol–water partition coefficient (Wildman–Crippen LogP) is 3.42. The molecule has 2 aromatic carbocycles. The Morgan fingerprint density at radius 1 is 1.28 bits per heavy atom. The van der Waals surface area contributed by atoms with Gasteiger partial charge < -0.3 is 29.3 Å². The molecule has 0 aliphatic carbocycles. The van der Waals surface area contributed by atoms with E-state index in [2.05, 4.69) is 0 Å². The molecule has 0 bridgehead atoms. The summed E-state index contributed by atoms with van der Waals surface area (Å²) < 4.78 is 30.4. The molecule has 2 heterocycles. The van der Waals surface area contributed by atoms with Crippen LogP contribution in [0, 0.1) is 0 Å². The van der Waals surface area contributed by atoms with Crippen molar-refractivity contribution >= 4 is 30.4 Å². The number of halogens is 1. The molecule has 1 aliphatic rings. The van der Waals surface area contributed by atoms with Gasteiger partial charge in [-0.15, -0.1) is 0 Å². The molecule has 0 unspecified atom stereocenters. The molecule has 170 valence electrons. The number of likely N-dealkylation sites (tertiary alicyclic amines) is 1. The Morgan fingerprint density at radius 2 is 2.03 bits per heavy atom. The predicted molar refractivity (Wildman–Crippen MR) is 118 cm³/mol. The first-order chi connectivity index (χ1) is 15.4. The standard InChI is InChI=1S/C21H21ClNO8P/c1-23-7-6-12(18(10-23)31-32(27,28)29)19-14(24)8-15(25)20-16(26)9-17(30-21(19)20)11-4-2-3-5-13(11)22/h2-5,8-9,12,18,24-25H,6-7,10H2,1H3,(H2,27,28,29)/t12-,18+/m0/s1/i2D. The van der Waals surface area contributed by atoms with Gasteiger partial charge in [-0.3, -0.25) is 9.32 Å². The Balaban J connectivity index is 1.98. The van der Waals surface area contributed by atoms with E-state index in [1.165, 1.54) is 18.2 Å². The third-order valence-corrected chi connectivity index (χ3v) is 6.35. The maximum atomic E-state index is 12.9. The molecule has 3 aromatic rings. The fourth-order valence-electron chi connectivity index (χ4n) is 4.10. The molecule has 1 saturated heterocycles. The number of likely N-dealkylation sites (N-methyl/N-ethyl adjacent to an activating group) is 1. The number of hydrogen-bond donors (Lipinski definition) is 4. The van der Waals surface area contributed by atoms with Crippen LogP contribution in [-0.4, -0.2) is 51.1 Å². The Hall–Kier alpha value is -2.39. The van der Waals surface area contributed by atoms with E-state index in [4.69, 9.17) is 21.9 Å². The largest absolute Gasteiger partial charge is 0.507 e. The quantitative estimate of drug-likeness (QED) is 0.411. The van der Waals surface area contributed by atoms with E-state index in [9.17, 15) is 29.4 Å². The molecule has 4 N–H and O–H groups in total. The first kappa shape index (κ1) is 21.5. The van der Waals surface area contributed by atoms with Crippen LogP contribution < -0.4 is 5.43 Å². The van der Waals surface area contributed by atoms with Crippen molar-refractivity contribution in [3.8, 4) is 22.8 Å². The van der Waals surface area contributed by atoms with E-state index in [0.29, 0.717) is 13.0 Å². The number of fused-ring (bicyclic) bond motifs is 1. The van der Waals surface area contributed by atoms with Gasteiger partial charge in [-0.1, -0.05) is 23.7 Å². The monoisotopic (exact) mass is 482 g/mol. The molecule has 11 heteroatoms. The van der Waals surface area contributed by atoms with Crippen LogP contribution in [0.1, 0.15) is 19.3 Å². The molecule has 2 atom stereocenters. The number of phenols is 2. The number of aromatic hydroxyl groups is 2.